The van der Waals surface area contributed by atoms with Crippen LogP contribution in [-0.4, -0.2) is 61.7 Å². The number of carbonyl (C=O) groups is 2. The number of guanidine groups is 1. The lowest BCUT2D eigenvalue weighted by Gasteiger charge is -2.25. The third-order valence-electron chi connectivity index (χ3n) is 5.12. The van der Waals surface area contributed by atoms with Crippen LogP contribution in [0.2, 0.25) is 0 Å². The Hall–Kier alpha value is -2.77. The molecule has 1 aliphatic rings. The molecule has 0 bridgehead atoms. The van der Waals surface area contributed by atoms with E-state index in [-0.39, 0.29) is 12.5 Å². The first-order valence-corrected chi connectivity index (χ1v) is 11.5. The molecule has 178 valence electrons. The molecule has 1 aromatic carbocycles. The monoisotopic (exact) mass is 445 g/mol. The molecule has 0 atom stereocenters. The molecule has 0 aliphatic heterocycles. The van der Waals surface area contributed by atoms with Crippen LogP contribution in [-0.2, 0) is 16.0 Å². The van der Waals surface area contributed by atoms with Crippen LogP contribution in [0.3, 0.4) is 0 Å². The van der Waals surface area contributed by atoms with Gasteiger partial charge in [-0.3, -0.25) is 10.1 Å². The van der Waals surface area contributed by atoms with Crippen LogP contribution >= 0.6 is 0 Å². The minimum atomic E-state index is -0.530. The lowest BCUT2D eigenvalue weighted by atomic mass is 9.96. The molecule has 0 unspecified atom stereocenters. The number of amides is 2. The summed E-state index contributed by atoms with van der Waals surface area (Å²) in [7, 11) is 3.47. The maximum absolute atomic E-state index is 11.9. The molecular formula is C24H39N5O3. The lowest BCUT2D eigenvalue weighted by molar-refractivity contribution is -0.127. The fourth-order valence-corrected chi connectivity index (χ4v) is 3.38. The Kier molecular flexibility index (Phi) is 9.81. The van der Waals surface area contributed by atoms with Gasteiger partial charge in [0.1, 0.15) is 12.1 Å². The molecule has 2 rings (SSSR count). The van der Waals surface area contributed by atoms with E-state index >= 15 is 0 Å². The smallest absolute Gasteiger partial charge is 0.412 e. The lowest BCUT2D eigenvalue weighted by Crippen LogP contribution is -2.45. The normalized spacial score (nSPS) is 15.1. The number of benzene rings is 1. The standard InChI is InChI=1S/C24H39N5O3/c1-24(2,3)32-23(31)28-20-13-11-18(12-14-20)15-16-25-22(26-17-21(30)29(4)5)27-19-9-7-6-8-10-19/h11-14,19H,6-10,15-17H2,1-5H3,(H,28,31)(H2,25,26,27). The number of likely N-dealkylation sites (N-methyl/N-ethyl adjacent to an activating group) is 1. The highest BCUT2D eigenvalue weighted by Gasteiger charge is 2.17. The zero-order valence-electron chi connectivity index (χ0n) is 20.2. The van der Waals surface area contributed by atoms with Gasteiger partial charge in [0.05, 0.1) is 0 Å². The van der Waals surface area contributed by atoms with E-state index in [1.54, 1.807) is 19.0 Å². The molecule has 32 heavy (non-hydrogen) atoms. The molecule has 0 spiro atoms. The highest BCUT2D eigenvalue weighted by atomic mass is 16.6. The second kappa shape index (κ2) is 12.3. The fourth-order valence-electron chi connectivity index (χ4n) is 3.38. The Morgan fingerprint density at radius 3 is 2.34 bits per heavy atom. The number of hydrogen-bond acceptors (Lipinski definition) is 4. The maximum atomic E-state index is 11.9. The summed E-state index contributed by atoms with van der Waals surface area (Å²) < 4.78 is 5.27. The van der Waals surface area contributed by atoms with Crippen LogP contribution < -0.4 is 16.0 Å². The van der Waals surface area contributed by atoms with E-state index < -0.39 is 11.7 Å². The number of anilines is 1. The van der Waals surface area contributed by atoms with Crippen LogP contribution in [0.5, 0.6) is 0 Å². The summed E-state index contributed by atoms with van der Waals surface area (Å²) in [6.45, 7) is 6.31. The third-order valence-corrected chi connectivity index (χ3v) is 5.12. The van der Waals surface area contributed by atoms with Crippen molar-refractivity contribution in [2.75, 3.05) is 32.5 Å². The van der Waals surface area contributed by atoms with Crippen molar-refractivity contribution >= 4 is 23.6 Å². The summed E-state index contributed by atoms with van der Waals surface area (Å²) >= 11 is 0. The van der Waals surface area contributed by atoms with Crippen molar-refractivity contribution in [1.82, 2.24) is 15.5 Å². The Morgan fingerprint density at radius 2 is 1.75 bits per heavy atom. The quantitative estimate of drug-likeness (QED) is 0.441. The SMILES string of the molecule is CN(C)C(=O)CN=C(NCCc1ccc(NC(=O)OC(C)(C)C)cc1)NC1CCCCC1. The average Bonchev–Trinajstić information content (AvgIpc) is 2.72. The minimum absolute atomic E-state index is 0.0252. The van der Waals surface area contributed by atoms with E-state index in [4.69, 9.17) is 4.74 Å². The summed E-state index contributed by atoms with van der Waals surface area (Å²) in [5, 5.41) is 9.59. The number of nitrogens with one attached hydrogen (secondary N) is 3. The van der Waals surface area contributed by atoms with E-state index in [0.717, 1.165) is 24.8 Å². The number of nitrogens with zero attached hydrogens (tertiary/aromatic N) is 2. The summed E-state index contributed by atoms with van der Waals surface area (Å²) in [6, 6.07) is 8.10. The number of rotatable bonds is 7. The Bertz CT molecular complexity index is 763. The van der Waals surface area contributed by atoms with Crippen molar-refractivity contribution < 1.29 is 14.3 Å². The van der Waals surface area contributed by atoms with Crippen molar-refractivity contribution in [2.24, 2.45) is 4.99 Å². The zero-order chi connectivity index (χ0) is 23.6. The van der Waals surface area contributed by atoms with Gasteiger partial charge in [0.25, 0.3) is 0 Å². The second-order valence-corrected chi connectivity index (χ2v) is 9.43. The molecule has 1 aromatic rings. The number of ether oxygens (including phenoxy) is 1. The van der Waals surface area contributed by atoms with Gasteiger partial charge in [-0.15, -0.1) is 0 Å². The van der Waals surface area contributed by atoms with Crippen LogP contribution in [0, 0.1) is 0 Å². The summed E-state index contributed by atoms with van der Waals surface area (Å²) in [5.41, 5.74) is 1.30. The van der Waals surface area contributed by atoms with E-state index in [1.807, 2.05) is 45.0 Å². The summed E-state index contributed by atoms with van der Waals surface area (Å²) in [4.78, 5) is 29.9. The molecule has 0 heterocycles. The Labute approximate surface area is 192 Å². The second-order valence-electron chi connectivity index (χ2n) is 9.43. The van der Waals surface area contributed by atoms with Gasteiger partial charge < -0.3 is 20.3 Å². The minimum Gasteiger partial charge on any atom is -0.444 e. The average molecular weight is 446 g/mol. The zero-order valence-corrected chi connectivity index (χ0v) is 20.2. The number of carbonyl (C=O) groups excluding carboxylic acids is 2. The number of hydrogen-bond donors (Lipinski definition) is 3. The van der Waals surface area contributed by atoms with Gasteiger partial charge in [-0.05, 0) is 57.7 Å². The highest BCUT2D eigenvalue weighted by Crippen LogP contribution is 2.17. The van der Waals surface area contributed by atoms with Gasteiger partial charge in [0, 0.05) is 32.4 Å². The molecule has 8 nitrogen and oxygen atoms in total. The van der Waals surface area contributed by atoms with Gasteiger partial charge in [-0.2, -0.15) is 0 Å². The van der Waals surface area contributed by atoms with Crippen molar-refractivity contribution in [2.45, 2.75) is 70.9 Å². The largest absolute Gasteiger partial charge is 0.444 e. The van der Waals surface area contributed by atoms with Crippen LogP contribution in [0.1, 0.15) is 58.4 Å². The van der Waals surface area contributed by atoms with Crippen LogP contribution in [0.4, 0.5) is 10.5 Å². The predicted molar refractivity (Wildman–Crippen MR) is 129 cm³/mol. The predicted octanol–water partition coefficient (Wildman–Crippen LogP) is 3.53. The molecule has 0 saturated heterocycles. The number of aliphatic imine (C=N–C) groups is 1. The molecule has 1 fully saturated rings. The van der Waals surface area contributed by atoms with Crippen LogP contribution in [0.25, 0.3) is 0 Å². The Balaban J connectivity index is 1.86. The molecular weight excluding hydrogens is 406 g/mol. The van der Waals surface area contributed by atoms with E-state index in [0.29, 0.717) is 24.2 Å². The molecule has 3 N–H and O–H groups in total. The summed E-state index contributed by atoms with van der Waals surface area (Å²) in [6.07, 6.45) is 6.34. The molecule has 2 amide bonds. The van der Waals surface area contributed by atoms with E-state index in [9.17, 15) is 9.59 Å². The first-order valence-electron chi connectivity index (χ1n) is 11.5. The van der Waals surface area contributed by atoms with Crippen molar-refractivity contribution in [1.29, 1.82) is 0 Å². The van der Waals surface area contributed by atoms with Gasteiger partial charge in [-0.1, -0.05) is 31.4 Å². The van der Waals surface area contributed by atoms with Gasteiger partial charge in [0.2, 0.25) is 5.91 Å². The molecule has 1 aliphatic carbocycles. The summed E-state index contributed by atoms with van der Waals surface area (Å²) in [5.74, 6) is 0.665. The molecule has 0 aromatic heterocycles. The van der Waals surface area contributed by atoms with Crippen molar-refractivity contribution in [3.05, 3.63) is 29.8 Å². The van der Waals surface area contributed by atoms with E-state index in [2.05, 4.69) is 20.9 Å². The van der Waals surface area contributed by atoms with Gasteiger partial charge in [0.15, 0.2) is 5.96 Å². The molecule has 1 saturated carbocycles. The maximum Gasteiger partial charge on any atom is 0.412 e. The Morgan fingerprint density at radius 1 is 1.09 bits per heavy atom. The van der Waals surface area contributed by atoms with Gasteiger partial charge >= 0.3 is 6.09 Å². The van der Waals surface area contributed by atoms with Crippen molar-refractivity contribution in [3.63, 3.8) is 0 Å². The third kappa shape index (κ3) is 10.0. The molecule has 0 radical (unpaired) electrons. The highest BCUT2D eigenvalue weighted by molar-refractivity contribution is 5.85. The molecule has 8 heteroatoms. The van der Waals surface area contributed by atoms with Crippen LogP contribution in [0.15, 0.2) is 29.3 Å². The first-order chi connectivity index (χ1) is 15.1. The van der Waals surface area contributed by atoms with Gasteiger partial charge in [-0.25, -0.2) is 9.79 Å². The van der Waals surface area contributed by atoms with Crippen molar-refractivity contribution in [3.8, 4) is 0 Å². The topological polar surface area (TPSA) is 95.1 Å². The first kappa shape index (κ1) is 25.5. The fraction of sp³-hybridized carbons (Fsp3) is 0.625. The van der Waals surface area contributed by atoms with E-state index in [1.165, 1.54) is 19.3 Å².